The summed E-state index contributed by atoms with van der Waals surface area (Å²) < 4.78 is 49.9. The highest BCUT2D eigenvalue weighted by Gasteiger charge is 2.32. The van der Waals surface area contributed by atoms with Crippen LogP contribution in [0.1, 0.15) is 30.5 Å². The topological polar surface area (TPSA) is 52.3 Å². The zero-order valence-corrected chi connectivity index (χ0v) is 24.5. The number of nitrogens with zero attached hydrogens (tertiary/aromatic N) is 4. The highest BCUT2D eigenvalue weighted by Crippen LogP contribution is 2.34. The third-order valence-corrected chi connectivity index (χ3v) is 9.62. The van der Waals surface area contributed by atoms with Gasteiger partial charge in [0.25, 0.3) is 0 Å². The van der Waals surface area contributed by atoms with Crippen LogP contribution in [0, 0.1) is 5.92 Å². The fourth-order valence-electron chi connectivity index (χ4n) is 5.54. The van der Waals surface area contributed by atoms with Crippen molar-refractivity contribution in [1.29, 1.82) is 0 Å². The molecule has 0 saturated carbocycles. The van der Waals surface area contributed by atoms with Crippen molar-refractivity contribution in [1.82, 2.24) is 19.0 Å². The number of pyridine rings is 2. The first-order valence-electron chi connectivity index (χ1n) is 13.9. The van der Waals surface area contributed by atoms with Crippen LogP contribution in [0.4, 0.5) is 13.2 Å². The van der Waals surface area contributed by atoms with Crippen LogP contribution in [0.2, 0.25) is 25.7 Å². The highest BCUT2D eigenvalue weighted by molar-refractivity contribution is 6.76. The van der Waals surface area contributed by atoms with Crippen molar-refractivity contribution >= 4 is 30.0 Å². The molecule has 0 N–H and O–H groups in total. The van der Waals surface area contributed by atoms with Crippen molar-refractivity contribution in [3.8, 4) is 0 Å². The van der Waals surface area contributed by atoms with Crippen LogP contribution in [0.25, 0.3) is 21.9 Å². The third kappa shape index (κ3) is 6.18. The predicted molar refractivity (Wildman–Crippen MR) is 155 cm³/mol. The molecule has 10 heteroatoms. The summed E-state index contributed by atoms with van der Waals surface area (Å²) in [6, 6.07) is 10.3. The molecule has 1 saturated heterocycles. The van der Waals surface area contributed by atoms with Crippen LogP contribution in [-0.4, -0.2) is 46.8 Å². The van der Waals surface area contributed by atoms with Crippen LogP contribution >= 0.6 is 0 Å². The first-order chi connectivity index (χ1) is 18.9. The van der Waals surface area contributed by atoms with Gasteiger partial charge in [0.05, 0.1) is 16.5 Å². The predicted octanol–water partition coefficient (Wildman–Crippen LogP) is 6.77. The van der Waals surface area contributed by atoms with Gasteiger partial charge in [-0.3, -0.25) is 9.69 Å². The standard InChI is InChI=1S/C30H37F3N4O2Si/c1-21-8-11-35(18-22-6-5-7-23(16-22)30(31,32)33)19-26(21)37-13-10-27(38)25-17-34-29-24(28(25)37)9-12-36(29)20-39-14-15-40(2,3)4/h5-7,9-10,12-13,16-17,21,26H,8,11,14-15,18-20H2,1-4H3/t21-,26+/m1/s1. The molecular weight excluding hydrogens is 533 g/mol. The van der Waals surface area contributed by atoms with Gasteiger partial charge in [0.2, 0.25) is 0 Å². The van der Waals surface area contributed by atoms with E-state index in [1.165, 1.54) is 12.1 Å². The first-order valence-corrected chi connectivity index (χ1v) is 17.6. The largest absolute Gasteiger partial charge is 0.416 e. The van der Waals surface area contributed by atoms with Crippen molar-refractivity contribution in [2.75, 3.05) is 19.7 Å². The minimum atomic E-state index is -4.36. The minimum absolute atomic E-state index is 0.0459. The maximum absolute atomic E-state index is 13.3. The Hall–Kier alpha value is -2.95. The molecule has 0 bridgehead atoms. The molecule has 5 rings (SSSR count). The van der Waals surface area contributed by atoms with E-state index in [1.54, 1.807) is 18.3 Å². The van der Waals surface area contributed by atoms with Crippen molar-refractivity contribution in [2.45, 2.75) is 64.5 Å². The Kier molecular flexibility index (Phi) is 7.96. The molecule has 214 valence electrons. The van der Waals surface area contributed by atoms with E-state index < -0.39 is 19.8 Å². The molecule has 1 fully saturated rings. The zero-order valence-electron chi connectivity index (χ0n) is 23.5. The molecule has 0 unspecified atom stereocenters. The van der Waals surface area contributed by atoms with Crippen LogP contribution in [-0.2, 0) is 24.2 Å². The molecule has 1 aliphatic heterocycles. The summed E-state index contributed by atoms with van der Waals surface area (Å²) in [5, 5.41) is 1.46. The molecule has 0 radical (unpaired) electrons. The lowest BCUT2D eigenvalue weighted by Crippen LogP contribution is -2.40. The SMILES string of the molecule is C[C@@H]1CCN(Cc2cccc(C(F)(F)F)c2)C[C@@H]1n1ccc(=O)c2cnc3c(ccn3COCC[Si](C)(C)C)c21. The summed E-state index contributed by atoms with van der Waals surface area (Å²) in [4.78, 5) is 19.7. The summed E-state index contributed by atoms with van der Waals surface area (Å²) >= 11 is 0. The first kappa shape index (κ1) is 28.6. The van der Waals surface area contributed by atoms with E-state index in [4.69, 9.17) is 4.74 Å². The third-order valence-electron chi connectivity index (χ3n) is 7.92. The van der Waals surface area contributed by atoms with Gasteiger partial charge in [-0.1, -0.05) is 44.8 Å². The van der Waals surface area contributed by atoms with Gasteiger partial charge in [-0.25, -0.2) is 4.98 Å². The number of hydrogen-bond donors (Lipinski definition) is 0. The monoisotopic (exact) mass is 570 g/mol. The quantitative estimate of drug-likeness (QED) is 0.173. The highest BCUT2D eigenvalue weighted by atomic mass is 28.3. The Morgan fingerprint density at radius 1 is 1.10 bits per heavy atom. The molecule has 2 atom stereocenters. The number of hydrogen-bond acceptors (Lipinski definition) is 4. The fraction of sp³-hybridized carbons (Fsp3) is 0.467. The van der Waals surface area contributed by atoms with Gasteiger partial charge in [-0.2, -0.15) is 13.2 Å². The van der Waals surface area contributed by atoms with Crippen molar-refractivity contribution in [3.05, 3.63) is 76.3 Å². The van der Waals surface area contributed by atoms with Crippen LogP contribution < -0.4 is 5.43 Å². The van der Waals surface area contributed by atoms with E-state index in [2.05, 4.69) is 41.0 Å². The number of fused-ring (bicyclic) bond motifs is 3. The van der Waals surface area contributed by atoms with Gasteiger partial charge in [0.1, 0.15) is 12.4 Å². The number of benzene rings is 1. The van der Waals surface area contributed by atoms with E-state index in [9.17, 15) is 18.0 Å². The number of halogens is 3. The Bertz CT molecular complexity index is 1560. The molecule has 40 heavy (non-hydrogen) atoms. The summed E-state index contributed by atoms with van der Waals surface area (Å²) in [6.45, 7) is 12.2. The Balaban J connectivity index is 1.44. The van der Waals surface area contributed by atoms with Gasteiger partial charge < -0.3 is 13.9 Å². The molecule has 4 aromatic rings. The molecule has 0 aliphatic carbocycles. The van der Waals surface area contributed by atoms with Crippen LogP contribution in [0.3, 0.4) is 0 Å². The maximum Gasteiger partial charge on any atom is 0.416 e. The number of rotatable bonds is 8. The number of piperidine rings is 1. The number of likely N-dealkylation sites (tertiary alicyclic amines) is 1. The average Bonchev–Trinajstić information content (AvgIpc) is 3.31. The molecule has 4 heterocycles. The summed E-state index contributed by atoms with van der Waals surface area (Å²) in [7, 11) is -1.19. The van der Waals surface area contributed by atoms with E-state index in [0.717, 1.165) is 41.6 Å². The molecule has 6 nitrogen and oxygen atoms in total. The molecule has 1 aromatic carbocycles. The van der Waals surface area contributed by atoms with Crippen LogP contribution in [0.5, 0.6) is 0 Å². The number of alkyl halides is 3. The van der Waals surface area contributed by atoms with Gasteiger partial charge in [0, 0.05) is 63.9 Å². The van der Waals surface area contributed by atoms with Gasteiger partial charge >= 0.3 is 6.18 Å². The zero-order chi connectivity index (χ0) is 28.7. The molecule has 0 amide bonds. The van der Waals surface area contributed by atoms with Crippen molar-refractivity contribution < 1.29 is 17.9 Å². The van der Waals surface area contributed by atoms with E-state index in [0.29, 0.717) is 43.3 Å². The lowest BCUT2D eigenvalue weighted by Gasteiger charge is -2.39. The Morgan fingerprint density at radius 2 is 1.90 bits per heavy atom. The van der Waals surface area contributed by atoms with Gasteiger partial charge in [-0.15, -0.1) is 0 Å². The lowest BCUT2D eigenvalue weighted by atomic mass is 9.92. The average molecular weight is 571 g/mol. The summed E-state index contributed by atoms with van der Waals surface area (Å²) in [5.74, 6) is 0.318. The van der Waals surface area contributed by atoms with E-state index >= 15 is 0 Å². The molecule has 1 aliphatic rings. The Morgan fingerprint density at radius 3 is 2.65 bits per heavy atom. The van der Waals surface area contributed by atoms with Crippen LogP contribution in [0.15, 0.2) is 59.8 Å². The number of ether oxygens (including phenoxy) is 1. The smallest absolute Gasteiger partial charge is 0.361 e. The second-order valence-corrected chi connectivity index (χ2v) is 17.9. The molecular formula is C30H37F3N4O2Si. The number of aromatic nitrogens is 3. The van der Waals surface area contributed by atoms with Crippen molar-refractivity contribution in [3.63, 3.8) is 0 Å². The fourth-order valence-corrected chi connectivity index (χ4v) is 6.30. The summed E-state index contributed by atoms with van der Waals surface area (Å²) in [6.07, 6.45) is 2.01. The maximum atomic E-state index is 13.3. The second-order valence-electron chi connectivity index (χ2n) is 12.2. The van der Waals surface area contributed by atoms with E-state index in [1.807, 2.05) is 23.0 Å². The van der Waals surface area contributed by atoms with Crippen molar-refractivity contribution in [2.24, 2.45) is 5.92 Å². The van der Waals surface area contributed by atoms with Gasteiger partial charge in [0.15, 0.2) is 5.43 Å². The van der Waals surface area contributed by atoms with E-state index in [-0.39, 0.29) is 11.5 Å². The Labute approximate surface area is 233 Å². The second kappa shape index (κ2) is 11.1. The molecule has 3 aromatic heterocycles. The minimum Gasteiger partial charge on any atom is -0.361 e. The molecule has 0 spiro atoms. The van der Waals surface area contributed by atoms with Gasteiger partial charge in [-0.05, 0) is 42.6 Å². The normalized spacial score (nSPS) is 19.1. The lowest BCUT2D eigenvalue weighted by molar-refractivity contribution is -0.137. The summed E-state index contributed by atoms with van der Waals surface area (Å²) in [5.41, 5.74) is 1.55.